The van der Waals surface area contributed by atoms with Gasteiger partial charge < -0.3 is 15.0 Å². The summed E-state index contributed by atoms with van der Waals surface area (Å²) in [6.45, 7) is 2.66. The molecule has 1 N–H and O–H groups in total. The van der Waals surface area contributed by atoms with Gasteiger partial charge in [-0.2, -0.15) is 0 Å². The third-order valence-corrected chi connectivity index (χ3v) is 4.22. The lowest BCUT2D eigenvalue weighted by molar-refractivity contribution is 0.109. The number of amides is 2. The van der Waals surface area contributed by atoms with Gasteiger partial charge in [-0.3, -0.25) is 0 Å². The van der Waals surface area contributed by atoms with Crippen LogP contribution in [0.4, 0.5) is 9.18 Å². The van der Waals surface area contributed by atoms with Crippen LogP contribution in [0, 0.1) is 5.82 Å². The number of hydrogen-bond acceptors (Lipinski definition) is 2. The summed E-state index contributed by atoms with van der Waals surface area (Å²) in [5.41, 5.74) is 2.20. The highest BCUT2D eigenvalue weighted by Crippen LogP contribution is 2.22. The number of urea groups is 1. The topological polar surface area (TPSA) is 41.6 Å². The first-order valence-electron chi connectivity index (χ1n) is 7.82. The van der Waals surface area contributed by atoms with E-state index in [4.69, 9.17) is 4.74 Å². The molecule has 2 aliphatic heterocycles. The molecule has 1 aromatic carbocycles. The van der Waals surface area contributed by atoms with Crippen molar-refractivity contribution in [3.8, 4) is 0 Å². The second-order valence-corrected chi connectivity index (χ2v) is 5.75. The summed E-state index contributed by atoms with van der Waals surface area (Å²) in [5.74, 6) is -0.227. The third kappa shape index (κ3) is 3.65. The molecule has 0 saturated carbocycles. The van der Waals surface area contributed by atoms with Gasteiger partial charge in [-0.05, 0) is 42.5 Å². The fraction of sp³-hybridized carbons (Fsp3) is 0.471. The van der Waals surface area contributed by atoms with Gasteiger partial charge in [-0.25, -0.2) is 9.18 Å². The van der Waals surface area contributed by atoms with E-state index in [1.807, 2.05) is 6.08 Å². The molecule has 3 rings (SSSR count). The predicted molar refractivity (Wildman–Crippen MR) is 82.9 cm³/mol. The Morgan fingerprint density at radius 3 is 2.82 bits per heavy atom. The fourth-order valence-electron chi connectivity index (χ4n) is 2.90. The third-order valence-electron chi connectivity index (χ3n) is 4.22. The summed E-state index contributed by atoms with van der Waals surface area (Å²) in [6.07, 6.45) is 5.10. The lowest BCUT2D eigenvalue weighted by Crippen LogP contribution is -2.44. The van der Waals surface area contributed by atoms with E-state index in [9.17, 15) is 9.18 Å². The van der Waals surface area contributed by atoms with E-state index >= 15 is 0 Å². The molecule has 0 radical (unpaired) electrons. The molecule has 1 saturated heterocycles. The van der Waals surface area contributed by atoms with Crippen LogP contribution in [0.2, 0.25) is 0 Å². The summed E-state index contributed by atoms with van der Waals surface area (Å²) in [7, 11) is 0. The highest BCUT2D eigenvalue weighted by atomic mass is 19.1. The van der Waals surface area contributed by atoms with Crippen LogP contribution in [0.1, 0.15) is 24.8 Å². The maximum atomic E-state index is 12.9. The zero-order valence-corrected chi connectivity index (χ0v) is 12.6. The van der Waals surface area contributed by atoms with E-state index in [0.717, 1.165) is 31.4 Å². The lowest BCUT2D eigenvalue weighted by atomic mass is 10.00. The largest absolute Gasteiger partial charge is 0.376 e. The van der Waals surface area contributed by atoms with Gasteiger partial charge in [0, 0.05) is 26.2 Å². The van der Waals surface area contributed by atoms with Gasteiger partial charge in [0.05, 0.1) is 6.10 Å². The van der Waals surface area contributed by atoms with Gasteiger partial charge in [0.2, 0.25) is 0 Å². The number of halogens is 1. The molecular formula is C17H21FN2O2. The molecule has 1 fully saturated rings. The molecule has 0 spiro atoms. The average Bonchev–Trinajstić information content (AvgIpc) is 3.07. The van der Waals surface area contributed by atoms with E-state index < -0.39 is 0 Å². The Balaban J connectivity index is 1.51. The zero-order valence-electron chi connectivity index (χ0n) is 12.6. The van der Waals surface area contributed by atoms with Crippen molar-refractivity contribution in [2.24, 2.45) is 0 Å². The van der Waals surface area contributed by atoms with Crippen LogP contribution in [0.5, 0.6) is 0 Å². The molecule has 2 amide bonds. The number of rotatable bonds is 3. The highest BCUT2D eigenvalue weighted by molar-refractivity contribution is 5.76. The molecule has 2 aliphatic rings. The first-order valence-corrected chi connectivity index (χ1v) is 7.82. The Morgan fingerprint density at radius 2 is 2.18 bits per heavy atom. The smallest absolute Gasteiger partial charge is 0.317 e. The maximum absolute atomic E-state index is 12.9. The molecule has 0 aliphatic carbocycles. The molecule has 1 unspecified atom stereocenters. The van der Waals surface area contributed by atoms with Crippen LogP contribution in [0.25, 0.3) is 5.57 Å². The number of hydrogen-bond donors (Lipinski definition) is 1. The Hall–Kier alpha value is -1.88. The Morgan fingerprint density at radius 1 is 1.36 bits per heavy atom. The minimum Gasteiger partial charge on any atom is -0.376 e. The van der Waals surface area contributed by atoms with Crippen molar-refractivity contribution < 1.29 is 13.9 Å². The Kier molecular flexibility index (Phi) is 4.73. The summed E-state index contributed by atoms with van der Waals surface area (Å²) < 4.78 is 18.4. The molecular weight excluding hydrogens is 283 g/mol. The van der Waals surface area contributed by atoms with Crippen molar-refractivity contribution in [2.75, 3.05) is 26.2 Å². The molecule has 2 heterocycles. The Bertz CT molecular complexity index is 550. The van der Waals surface area contributed by atoms with E-state index in [-0.39, 0.29) is 18.0 Å². The number of carbonyl (C=O) groups excluding carboxylic acids is 1. The van der Waals surface area contributed by atoms with Crippen LogP contribution in [-0.2, 0) is 4.74 Å². The first kappa shape index (κ1) is 15.0. The average molecular weight is 304 g/mol. The van der Waals surface area contributed by atoms with E-state index in [1.165, 1.54) is 17.7 Å². The predicted octanol–water partition coefficient (Wildman–Crippen LogP) is 2.80. The molecule has 0 bridgehead atoms. The number of carbonyl (C=O) groups is 1. The van der Waals surface area contributed by atoms with Crippen molar-refractivity contribution in [1.29, 1.82) is 0 Å². The van der Waals surface area contributed by atoms with E-state index in [0.29, 0.717) is 19.6 Å². The molecule has 0 aromatic heterocycles. The standard InChI is InChI=1S/C17H21FN2O2/c18-15-5-3-13(4-6-15)14-7-9-20(10-8-14)17(21)19-12-16-2-1-11-22-16/h3-7,16H,1-2,8-12H2,(H,19,21). The van der Waals surface area contributed by atoms with E-state index in [1.54, 1.807) is 17.0 Å². The van der Waals surface area contributed by atoms with Gasteiger partial charge in [0.25, 0.3) is 0 Å². The summed E-state index contributed by atoms with van der Waals surface area (Å²) in [5, 5.41) is 2.94. The van der Waals surface area contributed by atoms with Crippen LogP contribution in [-0.4, -0.2) is 43.3 Å². The first-order chi connectivity index (χ1) is 10.7. The minimum atomic E-state index is -0.227. The van der Waals surface area contributed by atoms with Crippen LogP contribution in [0.15, 0.2) is 30.3 Å². The maximum Gasteiger partial charge on any atom is 0.317 e. The van der Waals surface area contributed by atoms with Crippen molar-refractivity contribution in [2.45, 2.75) is 25.4 Å². The van der Waals surface area contributed by atoms with Crippen LogP contribution >= 0.6 is 0 Å². The second-order valence-electron chi connectivity index (χ2n) is 5.75. The molecule has 4 nitrogen and oxygen atoms in total. The summed E-state index contributed by atoms with van der Waals surface area (Å²) in [6, 6.07) is 6.47. The molecule has 1 aromatic rings. The molecule has 118 valence electrons. The molecule has 22 heavy (non-hydrogen) atoms. The number of benzene rings is 1. The molecule has 1 atom stereocenters. The highest BCUT2D eigenvalue weighted by Gasteiger charge is 2.20. The summed E-state index contributed by atoms with van der Waals surface area (Å²) >= 11 is 0. The van der Waals surface area contributed by atoms with Gasteiger partial charge in [0.1, 0.15) is 5.82 Å². The van der Waals surface area contributed by atoms with E-state index in [2.05, 4.69) is 5.32 Å². The summed E-state index contributed by atoms with van der Waals surface area (Å²) in [4.78, 5) is 13.9. The minimum absolute atomic E-state index is 0.0371. The van der Waals surface area contributed by atoms with Gasteiger partial charge in [0.15, 0.2) is 0 Å². The quantitative estimate of drug-likeness (QED) is 0.933. The number of nitrogens with one attached hydrogen (secondary N) is 1. The zero-order chi connectivity index (χ0) is 15.4. The van der Waals surface area contributed by atoms with Crippen molar-refractivity contribution >= 4 is 11.6 Å². The molecule has 5 heteroatoms. The monoisotopic (exact) mass is 304 g/mol. The Labute approximate surface area is 129 Å². The number of nitrogens with zero attached hydrogens (tertiary/aromatic N) is 1. The second kappa shape index (κ2) is 6.92. The van der Waals surface area contributed by atoms with Gasteiger partial charge >= 0.3 is 6.03 Å². The van der Waals surface area contributed by atoms with Crippen LogP contribution < -0.4 is 5.32 Å². The van der Waals surface area contributed by atoms with Crippen LogP contribution in [0.3, 0.4) is 0 Å². The SMILES string of the molecule is O=C(NCC1CCCO1)N1CC=C(c2ccc(F)cc2)CC1. The van der Waals surface area contributed by atoms with Crippen molar-refractivity contribution in [1.82, 2.24) is 10.2 Å². The van der Waals surface area contributed by atoms with Gasteiger partial charge in [-0.1, -0.05) is 18.2 Å². The fourth-order valence-corrected chi connectivity index (χ4v) is 2.90. The van der Waals surface area contributed by atoms with Crippen molar-refractivity contribution in [3.63, 3.8) is 0 Å². The van der Waals surface area contributed by atoms with Crippen molar-refractivity contribution in [3.05, 3.63) is 41.7 Å². The number of ether oxygens (including phenoxy) is 1. The normalized spacial score (nSPS) is 21.6. The van der Waals surface area contributed by atoms with Gasteiger partial charge in [-0.15, -0.1) is 0 Å². The lowest BCUT2D eigenvalue weighted by Gasteiger charge is -2.27.